The van der Waals surface area contributed by atoms with Gasteiger partial charge in [-0.15, -0.1) is 0 Å². The monoisotopic (exact) mass is 245 g/mol. The Hall–Kier alpha value is -2.22. The van der Waals surface area contributed by atoms with Gasteiger partial charge in [-0.1, -0.05) is 13.8 Å². The Morgan fingerprint density at radius 1 is 1.56 bits per heavy atom. The van der Waals surface area contributed by atoms with E-state index in [4.69, 9.17) is 10.00 Å². The van der Waals surface area contributed by atoms with Gasteiger partial charge in [-0.2, -0.15) is 10.4 Å². The van der Waals surface area contributed by atoms with Crippen molar-refractivity contribution in [2.75, 3.05) is 6.61 Å². The van der Waals surface area contributed by atoms with Gasteiger partial charge >= 0.3 is 0 Å². The van der Waals surface area contributed by atoms with E-state index in [2.05, 4.69) is 18.9 Å². The van der Waals surface area contributed by atoms with Crippen molar-refractivity contribution in [2.24, 2.45) is 5.92 Å². The van der Waals surface area contributed by atoms with Gasteiger partial charge in [0.2, 0.25) is 0 Å². The molecule has 5 heteroatoms. The first-order chi connectivity index (χ1) is 8.61. The molecule has 0 saturated carbocycles. The third-order valence-corrected chi connectivity index (χ3v) is 2.65. The molecular weight excluding hydrogens is 230 g/mol. The third kappa shape index (κ3) is 2.38. The Morgan fingerprint density at radius 3 is 3.00 bits per heavy atom. The minimum Gasteiger partial charge on any atom is -0.505 e. The number of rotatable bonds is 4. The minimum atomic E-state index is 0.00565. The molecule has 2 aromatic heterocycles. The average molecular weight is 245 g/mol. The van der Waals surface area contributed by atoms with Crippen LogP contribution in [0, 0.1) is 17.2 Å². The fraction of sp³-hybridized carbons (Fsp3) is 0.385. The van der Waals surface area contributed by atoms with Crippen LogP contribution in [0.15, 0.2) is 18.5 Å². The van der Waals surface area contributed by atoms with Crippen LogP contribution in [0.25, 0.3) is 5.52 Å². The van der Waals surface area contributed by atoms with E-state index in [0.717, 1.165) is 6.42 Å². The summed E-state index contributed by atoms with van der Waals surface area (Å²) in [7, 11) is 0. The van der Waals surface area contributed by atoms with Crippen molar-refractivity contribution in [2.45, 2.75) is 20.3 Å². The van der Waals surface area contributed by atoms with Crippen molar-refractivity contribution < 1.29 is 9.84 Å². The topological polar surface area (TPSA) is 70.5 Å². The van der Waals surface area contributed by atoms with E-state index >= 15 is 0 Å². The van der Waals surface area contributed by atoms with E-state index in [1.165, 1.54) is 16.8 Å². The highest BCUT2D eigenvalue weighted by Crippen LogP contribution is 2.26. The maximum atomic E-state index is 9.87. The standard InChI is InChI=1S/C13H15N3O2/c1-9(2)3-4-18-11-5-12(17)13-10(6-14)7-15-16(13)8-11/h5,7-9,17H,3-4H2,1-2H3. The van der Waals surface area contributed by atoms with Gasteiger partial charge in [0.15, 0.2) is 0 Å². The zero-order valence-electron chi connectivity index (χ0n) is 10.4. The van der Waals surface area contributed by atoms with Gasteiger partial charge in [-0.05, 0) is 12.3 Å². The summed E-state index contributed by atoms with van der Waals surface area (Å²) in [5, 5.41) is 22.8. The Balaban J connectivity index is 2.25. The van der Waals surface area contributed by atoms with Crippen molar-refractivity contribution in [1.82, 2.24) is 9.61 Å². The smallest absolute Gasteiger partial charge is 0.146 e. The predicted molar refractivity (Wildman–Crippen MR) is 66.5 cm³/mol. The summed E-state index contributed by atoms with van der Waals surface area (Å²) in [6, 6.07) is 3.50. The molecule has 0 aromatic carbocycles. The molecule has 0 atom stereocenters. The molecule has 0 fully saturated rings. The minimum absolute atomic E-state index is 0.00565. The predicted octanol–water partition coefficient (Wildman–Crippen LogP) is 2.34. The van der Waals surface area contributed by atoms with E-state index in [9.17, 15) is 5.11 Å². The van der Waals surface area contributed by atoms with E-state index in [1.807, 2.05) is 6.07 Å². The van der Waals surface area contributed by atoms with Gasteiger partial charge in [0.1, 0.15) is 28.6 Å². The first-order valence-corrected chi connectivity index (χ1v) is 5.85. The number of ether oxygens (including phenoxy) is 1. The number of pyridine rings is 1. The normalized spacial score (nSPS) is 10.8. The van der Waals surface area contributed by atoms with Crippen LogP contribution in [0.2, 0.25) is 0 Å². The molecule has 0 amide bonds. The lowest BCUT2D eigenvalue weighted by molar-refractivity contribution is 0.286. The molecule has 0 saturated heterocycles. The number of hydrogen-bond donors (Lipinski definition) is 1. The van der Waals surface area contributed by atoms with Crippen molar-refractivity contribution >= 4 is 5.52 Å². The van der Waals surface area contributed by atoms with Crippen LogP contribution >= 0.6 is 0 Å². The van der Waals surface area contributed by atoms with Crippen molar-refractivity contribution in [3.8, 4) is 17.6 Å². The zero-order valence-corrected chi connectivity index (χ0v) is 10.4. The Labute approximate surface area is 105 Å². The Morgan fingerprint density at radius 2 is 2.33 bits per heavy atom. The van der Waals surface area contributed by atoms with Gasteiger partial charge in [0.25, 0.3) is 0 Å². The lowest BCUT2D eigenvalue weighted by Gasteiger charge is -2.09. The molecule has 0 unspecified atom stereocenters. The van der Waals surface area contributed by atoms with Crippen LogP contribution in [0.3, 0.4) is 0 Å². The molecule has 0 spiro atoms. The average Bonchev–Trinajstić information content (AvgIpc) is 2.72. The van der Waals surface area contributed by atoms with Crippen LogP contribution in [-0.4, -0.2) is 21.3 Å². The molecule has 2 heterocycles. The zero-order chi connectivity index (χ0) is 13.1. The Kier molecular flexibility index (Phi) is 3.38. The lowest BCUT2D eigenvalue weighted by atomic mass is 10.1. The van der Waals surface area contributed by atoms with Crippen molar-refractivity contribution in [1.29, 1.82) is 5.26 Å². The summed E-state index contributed by atoms with van der Waals surface area (Å²) >= 11 is 0. The van der Waals surface area contributed by atoms with Crippen LogP contribution in [0.4, 0.5) is 0 Å². The van der Waals surface area contributed by atoms with E-state index in [-0.39, 0.29) is 5.75 Å². The highest BCUT2D eigenvalue weighted by atomic mass is 16.5. The van der Waals surface area contributed by atoms with Crippen LogP contribution in [-0.2, 0) is 0 Å². The summed E-state index contributed by atoms with van der Waals surface area (Å²) < 4.78 is 7.00. The van der Waals surface area contributed by atoms with Crippen molar-refractivity contribution in [3.63, 3.8) is 0 Å². The van der Waals surface area contributed by atoms with Gasteiger partial charge in [-0.25, -0.2) is 4.52 Å². The molecule has 5 nitrogen and oxygen atoms in total. The van der Waals surface area contributed by atoms with Crippen LogP contribution in [0.1, 0.15) is 25.8 Å². The number of nitriles is 1. The molecule has 18 heavy (non-hydrogen) atoms. The highest BCUT2D eigenvalue weighted by Gasteiger charge is 2.10. The second-order valence-electron chi connectivity index (χ2n) is 4.56. The second kappa shape index (κ2) is 4.96. The molecule has 0 bridgehead atoms. The summed E-state index contributed by atoms with van der Waals surface area (Å²) in [6.45, 7) is 4.84. The van der Waals surface area contributed by atoms with Crippen LogP contribution in [0.5, 0.6) is 11.5 Å². The molecular formula is C13H15N3O2. The third-order valence-electron chi connectivity index (χ3n) is 2.65. The number of nitrogens with zero attached hydrogens (tertiary/aromatic N) is 3. The Bertz CT molecular complexity index is 596. The molecule has 0 aliphatic rings. The van der Waals surface area contributed by atoms with E-state index in [0.29, 0.717) is 29.4 Å². The maximum absolute atomic E-state index is 9.87. The fourth-order valence-corrected chi connectivity index (χ4v) is 1.65. The lowest BCUT2D eigenvalue weighted by Crippen LogP contribution is -2.02. The molecule has 0 aliphatic heterocycles. The fourth-order valence-electron chi connectivity index (χ4n) is 1.65. The largest absolute Gasteiger partial charge is 0.505 e. The molecule has 0 aliphatic carbocycles. The number of hydrogen-bond acceptors (Lipinski definition) is 4. The van der Waals surface area contributed by atoms with Gasteiger partial charge in [-0.3, -0.25) is 0 Å². The molecule has 0 radical (unpaired) electrons. The maximum Gasteiger partial charge on any atom is 0.146 e. The first kappa shape index (κ1) is 12.2. The summed E-state index contributed by atoms with van der Waals surface area (Å²) in [6.07, 6.45) is 4.03. The number of aromatic hydroxyl groups is 1. The number of fused-ring (bicyclic) bond motifs is 1. The molecule has 2 rings (SSSR count). The SMILES string of the molecule is CC(C)CCOc1cc(O)c2c(C#N)cnn2c1. The quantitative estimate of drug-likeness (QED) is 0.897. The first-order valence-electron chi connectivity index (χ1n) is 5.85. The van der Waals surface area contributed by atoms with E-state index in [1.54, 1.807) is 6.20 Å². The van der Waals surface area contributed by atoms with E-state index < -0.39 is 0 Å². The van der Waals surface area contributed by atoms with Gasteiger partial charge < -0.3 is 9.84 Å². The number of aromatic nitrogens is 2. The van der Waals surface area contributed by atoms with Gasteiger partial charge in [0.05, 0.1) is 19.0 Å². The van der Waals surface area contributed by atoms with Crippen LogP contribution < -0.4 is 4.74 Å². The molecule has 2 aromatic rings. The summed E-state index contributed by atoms with van der Waals surface area (Å²) in [5.41, 5.74) is 0.759. The van der Waals surface area contributed by atoms with Crippen molar-refractivity contribution in [3.05, 3.63) is 24.0 Å². The highest BCUT2D eigenvalue weighted by molar-refractivity contribution is 5.69. The molecule has 1 N–H and O–H groups in total. The summed E-state index contributed by atoms with van der Waals surface area (Å²) in [5.74, 6) is 1.12. The summed E-state index contributed by atoms with van der Waals surface area (Å²) in [4.78, 5) is 0. The second-order valence-corrected chi connectivity index (χ2v) is 4.56. The van der Waals surface area contributed by atoms with Gasteiger partial charge in [0, 0.05) is 6.07 Å². The molecule has 94 valence electrons.